The van der Waals surface area contributed by atoms with Crippen LogP contribution >= 0.6 is 0 Å². The monoisotopic (exact) mass is 222 g/mol. The molecular weight excluding hydrogens is 204 g/mol. The fourth-order valence-electron chi connectivity index (χ4n) is 2.99. The standard InChI is InChI=1S/C11H18N4O/c1-8-13-10(14-16-8)11(12)4-6-15-5-2-3-9(15)7-11/h9H,2-7,12H2,1H3. The number of piperidine rings is 1. The van der Waals surface area contributed by atoms with Gasteiger partial charge < -0.3 is 15.2 Å². The Morgan fingerprint density at radius 1 is 1.50 bits per heavy atom. The van der Waals surface area contributed by atoms with Gasteiger partial charge in [0.25, 0.3) is 0 Å². The van der Waals surface area contributed by atoms with Crippen molar-refractivity contribution in [1.82, 2.24) is 15.0 Å². The topological polar surface area (TPSA) is 68.2 Å². The smallest absolute Gasteiger partial charge is 0.223 e. The van der Waals surface area contributed by atoms with Gasteiger partial charge in [0.2, 0.25) is 5.89 Å². The largest absolute Gasteiger partial charge is 0.340 e. The highest BCUT2D eigenvalue weighted by Crippen LogP contribution is 2.36. The third kappa shape index (κ3) is 1.55. The lowest BCUT2D eigenvalue weighted by molar-refractivity contribution is 0.124. The van der Waals surface area contributed by atoms with Crippen molar-refractivity contribution >= 4 is 0 Å². The van der Waals surface area contributed by atoms with Crippen LogP contribution in [0.4, 0.5) is 0 Å². The number of fused-ring (bicyclic) bond motifs is 1. The van der Waals surface area contributed by atoms with Crippen LogP contribution in [0.25, 0.3) is 0 Å². The van der Waals surface area contributed by atoms with E-state index >= 15 is 0 Å². The van der Waals surface area contributed by atoms with Crippen LogP contribution in [0.3, 0.4) is 0 Å². The first kappa shape index (κ1) is 10.2. The molecule has 16 heavy (non-hydrogen) atoms. The molecule has 5 heteroatoms. The number of hydrogen-bond acceptors (Lipinski definition) is 5. The molecule has 2 N–H and O–H groups in total. The average Bonchev–Trinajstić information content (AvgIpc) is 2.85. The van der Waals surface area contributed by atoms with E-state index < -0.39 is 0 Å². The van der Waals surface area contributed by atoms with Crippen LogP contribution in [-0.2, 0) is 5.54 Å². The van der Waals surface area contributed by atoms with Gasteiger partial charge in [-0.15, -0.1) is 0 Å². The lowest BCUT2D eigenvalue weighted by Gasteiger charge is -2.39. The first-order valence-electron chi connectivity index (χ1n) is 6.01. The molecule has 3 rings (SSSR count). The minimum Gasteiger partial charge on any atom is -0.340 e. The number of hydrogen-bond donors (Lipinski definition) is 1. The Hall–Kier alpha value is -0.940. The Kier molecular flexibility index (Phi) is 2.26. The van der Waals surface area contributed by atoms with Gasteiger partial charge in [0.05, 0.1) is 5.54 Å². The zero-order valence-corrected chi connectivity index (χ0v) is 9.65. The van der Waals surface area contributed by atoms with Gasteiger partial charge in [-0.05, 0) is 32.2 Å². The molecule has 0 aliphatic carbocycles. The van der Waals surface area contributed by atoms with E-state index in [0.717, 1.165) is 19.4 Å². The van der Waals surface area contributed by atoms with Crippen molar-refractivity contribution < 1.29 is 4.52 Å². The van der Waals surface area contributed by atoms with Crippen LogP contribution in [0.2, 0.25) is 0 Å². The maximum absolute atomic E-state index is 6.44. The van der Waals surface area contributed by atoms with Crippen LogP contribution in [0.1, 0.15) is 37.4 Å². The summed E-state index contributed by atoms with van der Waals surface area (Å²) in [6, 6.07) is 0.623. The molecule has 2 fully saturated rings. The van der Waals surface area contributed by atoms with Crippen molar-refractivity contribution in [3.63, 3.8) is 0 Å². The van der Waals surface area contributed by atoms with Gasteiger partial charge in [-0.25, -0.2) is 0 Å². The number of aryl methyl sites for hydroxylation is 1. The van der Waals surface area contributed by atoms with Crippen molar-refractivity contribution in [1.29, 1.82) is 0 Å². The van der Waals surface area contributed by atoms with Gasteiger partial charge in [0.15, 0.2) is 5.82 Å². The number of nitrogens with zero attached hydrogens (tertiary/aromatic N) is 3. The van der Waals surface area contributed by atoms with Crippen molar-refractivity contribution in [3.05, 3.63) is 11.7 Å². The van der Waals surface area contributed by atoms with Gasteiger partial charge in [-0.2, -0.15) is 4.98 Å². The normalized spacial score (nSPS) is 35.2. The SMILES string of the molecule is Cc1nc(C2(N)CCN3CCCC3C2)no1. The predicted molar refractivity (Wildman–Crippen MR) is 58.7 cm³/mol. The maximum atomic E-state index is 6.44. The van der Waals surface area contributed by atoms with Crippen LogP contribution in [0, 0.1) is 6.92 Å². The maximum Gasteiger partial charge on any atom is 0.223 e. The van der Waals surface area contributed by atoms with Crippen LogP contribution in [0.15, 0.2) is 4.52 Å². The summed E-state index contributed by atoms with van der Waals surface area (Å²) in [5, 5.41) is 4.00. The second-order valence-electron chi connectivity index (χ2n) is 5.08. The molecule has 1 aromatic heterocycles. The van der Waals surface area contributed by atoms with E-state index in [2.05, 4.69) is 15.0 Å². The van der Waals surface area contributed by atoms with Gasteiger partial charge in [-0.1, -0.05) is 5.16 Å². The number of rotatable bonds is 1. The lowest BCUT2D eigenvalue weighted by atomic mass is 9.83. The quantitative estimate of drug-likeness (QED) is 0.761. The van der Waals surface area contributed by atoms with Gasteiger partial charge in [0, 0.05) is 19.5 Å². The summed E-state index contributed by atoms with van der Waals surface area (Å²) >= 11 is 0. The molecule has 1 aromatic rings. The highest BCUT2D eigenvalue weighted by molar-refractivity contribution is 5.08. The van der Waals surface area contributed by atoms with E-state index in [0.29, 0.717) is 17.8 Å². The summed E-state index contributed by atoms with van der Waals surface area (Å²) in [5.74, 6) is 1.30. The predicted octanol–water partition coefficient (Wildman–Crippen LogP) is 0.790. The molecule has 0 spiro atoms. The van der Waals surface area contributed by atoms with E-state index in [-0.39, 0.29) is 5.54 Å². The summed E-state index contributed by atoms with van der Waals surface area (Å²) in [4.78, 5) is 6.84. The fourth-order valence-corrected chi connectivity index (χ4v) is 2.99. The Labute approximate surface area is 95.0 Å². The molecule has 0 bridgehead atoms. The molecule has 3 heterocycles. The first-order chi connectivity index (χ1) is 7.67. The van der Waals surface area contributed by atoms with Gasteiger partial charge in [-0.3, -0.25) is 0 Å². The highest BCUT2D eigenvalue weighted by Gasteiger charge is 2.42. The molecule has 2 atom stereocenters. The van der Waals surface area contributed by atoms with Crippen molar-refractivity contribution in [2.24, 2.45) is 5.73 Å². The fraction of sp³-hybridized carbons (Fsp3) is 0.818. The van der Waals surface area contributed by atoms with Crippen molar-refractivity contribution in [2.45, 2.75) is 44.2 Å². The molecular formula is C11H18N4O. The van der Waals surface area contributed by atoms with E-state index in [1.807, 2.05) is 6.92 Å². The zero-order chi connectivity index (χ0) is 11.2. The Bertz CT molecular complexity index is 391. The Balaban J connectivity index is 1.83. The van der Waals surface area contributed by atoms with Crippen molar-refractivity contribution in [2.75, 3.05) is 13.1 Å². The molecule has 0 aromatic carbocycles. The first-order valence-corrected chi connectivity index (χ1v) is 6.01. The van der Waals surface area contributed by atoms with Crippen LogP contribution in [-0.4, -0.2) is 34.2 Å². The zero-order valence-electron chi connectivity index (χ0n) is 9.65. The summed E-state index contributed by atoms with van der Waals surface area (Å²) in [6.07, 6.45) is 4.45. The summed E-state index contributed by atoms with van der Waals surface area (Å²) < 4.78 is 5.04. The van der Waals surface area contributed by atoms with E-state index in [9.17, 15) is 0 Å². The Morgan fingerprint density at radius 2 is 2.38 bits per heavy atom. The third-order valence-corrected chi connectivity index (χ3v) is 3.92. The van der Waals surface area contributed by atoms with Gasteiger partial charge in [0.1, 0.15) is 0 Å². The Morgan fingerprint density at radius 3 is 3.12 bits per heavy atom. The van der Waals surface area contributed by atoms with E-state index in [1.165, 1.54) is 19.4 Å². The molecule has 5 nitrogen and oxygen atoms in total. The molecule has 0 saturated carbocycles. The molecule has 0 radical (unpaired) electrons. The molecule has 2 aliphatic heterocycles. The molecule has 2 saturated heterocycles. The molecule has 88 valence electrons. The number of nitrogens with two attached hydrogens (primary N) is 1. The molecule has 2 unspecified atom stereocenters. The van der Waals surface area contributed by atoms with E-state index in [1.54, 1.807) is 0 Å². The summed E-state index contributed by atoms with van der Waals surface area (Å²) in [6.45, 7) is 4.10. The van der Waals surface area contributed by atoms with Crippen molar-refractivity contribution in [3.8, 4) is 0 Å². The third-order valence-electron chi connectivity index (χ3n) is 3.92. The lowest BCUT2D eigenvalue weighted by Crippen LogP contribution is -2.51. The molecule has 0 amide bonds. The second-order valence-corrected chi connectivity index (χ2v) is 5.08. The minimum absolute atomic E-state index is 0.372. The van der Waals surface area contributed by atoms with Gasteiger partial charge >= 0.3 is 0 Å². The minimum atomic E-state index is -0.372. The summed E-state index contributed by atoms with van der Waals surface area (Å²) in [7, 11) is 0. The average molecular weight is 222 g/mol. The van der Waals surface area contributed by atoms with Crippen LogP contribution in [0.5, 0.6) is 0 Å². The number of aromatic nitrogens is 2. The summed E-state index contributed by atoms with van der Waals surface area (Å²) in [5.41, 5.74) is 6.07. The van der Waals surface area contributed by atoms with Crippen LogP contribution < -0.4 is 5.73 Å². The molecule has 2 aliphatic rings. The second kappa shape index (κ2) is 3.53. The highest BCUT2D eigenvalue weighted by atomic mass is 16.5. The van der Waals surface area contributed by atoms with E-state index in [4.69, 9.17) is 10.3 Å².